The van der Waals surface area contributed by atoms with E-state index in [0.29, 0.717) is 5.39 Å². The van der Waals surface area contributed by atoms with Crippen LogP contribution in [0.5, 0.6) is 0 Å². The zero-order chi connectivity index (χ0) is 18.2. The van der Waals surface area contributed by atoms with Crippen LogP contribution in [0.3, 0.4) is 0 Å². The SMILES string of the molecule is O=C(Nc1ccon1)c1ncc2cc(Br)c(C(F)(F)P(O)O)cc2n1. The van der Waals surface area contributed by atoms with Crippen LogP contribution in [0.15, 0.2) is 39.7 Å². The molecule has 25 heavy (non-hydrogen) atoms. The zero-order valence-corrected chi connectivity index (χ0v) is 14.5. The van der Waals surface area contributed by atoms with Crippen molar-refractivity contribution in [3.05, 3.63) is 46.5 Å². The number of alkyl halides is 2. The third-order valence-electron chi connectivity index (χ3n) is 3.13. The van der Waals surface area contributed by atoms with Gasteiger partial charge in [0, 0.05) is 27.7 Å². The van der Waals surface area contributed by atoms with E-state index in [1.807, 2.05) is 0 Å². The number of benzene rings is 1. The summed E-state index contributed by atoms with van der Waals surface area (Å²) in [7, 11) is -3.54. The Balaban J connectivity index is 2.01. The first-order valence-electron chi connectivity index (χ1n) is 6.53. The average Bonchev–Trinajstić information content (AvgIpc) is 3.06. The number of aromatic nitrogens is 3. The van der Waals surface area contributed by atoms with Gasteiger partial charge in [0.15, 0.2) is 5.82 Å². The van der Waals surface area contributed by atoms with Gasteiger partial charge in [0.1, 0.15) is 6.26 Å². The van der Waals surface area contributed by atoms with Crippen molar-refractivity contribution in [2.75, 3.05) is 5.32 Å². The molecule has 130 valence electrons. The molecule has 2 aromatic heterocycles. The molecule has 3 aromatic rings. The maximum Gasteiger partial charge on any atom is 0.340 e. The van der Waals surface area contributed by atoms with Crippen LogP contribution in [0.4, 0.5) is 14.6 Å². The monoisotopic (exact) mass is 432 g/mol. The van der Waals surface area contributed by atoms with E-state index in [0.717, 1.165) is 6.07 Å². The molecule has 12 heteroatoms. The van der Waals surface area contributed by atoms with E-state index in [1.165, 1.54) is 24.6 Å². The second kappa shape index (κ2) is 6.68. The van der Waals surface area contributed by atoms with E-state index in [4.69, 9.17) is 9.79 Å². The summed E-state index contributed by atoms with van der Waals surface area (Å²) >= 11 is 2.96. The number of nitrogens with zero attached hydrogens (tertiary/aromatic N) is 3. The molecule has 0 unspecified atom stereocenters. The summed E-state index contributed by atoms with van der Waals surface area (Å²) < 4.78 is 32.4. The number of rotatable bonds is 4. The van der Waals surface area contributed by atoms with Gasteiger partial charge in [-0.3, -0.25) is 4.79 Å². The van der Waals surface area contributed by atoms with E-state index in [9.17, 15) is 13.6 Å². The second-order valence-electron chi connectivity index (χ2n) is 4.75. The smallest absolute Gasteiger partial charge is 0.340 e. The maximum atomic E-state index is 13.9. The van der Waals surface area contributed by atoms with E-state index >= 15 is 0 Å². The maximum absolute atomic E-state index is 13.9. The van der Waals surface area contributed by atoms with Crippen LogP contribution < -0.4 is 5.32 Å². The highest BCUT2D eigenvalue weighted by Gasteiger charge is 2.42. The van der Waals surface area contributed by atoms with Crippen molar-refractivity contribution in [3.8, 4) is 0 Å². The Labute approximate surface area is 147 Å². The van der Waals surface area contributed by atoms with Crippen LogP contribution in [0, 0.1) is 0 Å². The lowest BCUT2D eigenvalue weighted by Crippen LogP contribution is -2.16. The highest BCUT2D eigenvalue weighted by molar-refractivity contribution is 9.10. The molecule has 0 atom stereocenters. The summed E-state index contributed by atoms with van der Waals surface area (Å²) in [6.07, 6.45) is 2.54. The zero-order valence-electron chi connectivity index (χ0n) is 12.0. The third-order valence-corrected chi connectivity index (χ3v) is 4.53. The van der Waals surface area contributed by atoms with Crippen molar-refractivity contribution >= 4 is 46.9 Å². The fraction of sp³-hybridized carbons (Fsp3) is 0.0769. The first-order valence-corrected chi connectivity index (χ1v) is 8.57. The molecule has 1 aromatic carbocycles. The lowest BCUT2D eigenvalue weighted by Gasteiger charge is -2.19. The molecule has 3 rings (SSSR count). The molecule has 0 aliphatic carbocycles. The Morgan fingerprint density at radius 1 is 1.36 bits per heavy atom. The summed E-state index contributed by atoms with van der Waals surface area (Å²) in [6, 6.07) is 3.67. The molecule has 0 saturated heterocycles. The standard InChI is InChI=1S/C13H8BrF2N4O4P/c14-8-3-6-5-17-11(12(21)19-10-1-2-24-20-10)18-9(6)4-7(8)13(15,16)25(22)23/h1-5,22-23H,(H,19,20,21). The molecule has 0 aliphatic rings. The number of amides is 1. The Morgan fingerprint density at radius 3 is 2.76 bits per heavy atom. The minimum atomic E-state index is -3.86. The molecule has 0 fully saturated rings. The fourth-order valence-electron chi connectivity index (χ4n) is 1.95. The molecule has 3 N–H and O–H groups in total. The van der Waals surface area contributed by atoms with Crippen molar-refractivity contribution in [3.63, 3.8) is 0 Å². The van der Waals surface area contributed by atoms with Gasteiger partial charge < -0.3 is 19.6 Å². The van der Waals surface area contributed by atoms with Crippen LogP contribution >= 0.6 is 24.3 Å². The van der Waals surface area contributed by atoms with Gasteiger partial charge in [0.2, 0.25) is 14.2 Å². The molecular weight excluding hydrogens is 425 g/mol. The summed E-state index contributed by atoms with van der Waals surface area (Å²) in [5.74, 6) is -0.844. The second-order valence-corrected chi connectivity index (χ2v) is 6.75. The van der Waals surface area contributed by atoms with Crippen LogP contribution in [0.2, 0.25) is 0 Å². The molecule has 2 heterocycles. The lowest BCUT2D eigenvalue weighted by molar-refractivity contribution is 0.0726. The quantitative estimate of drug-likeness (QED) is 0.541. The largest absolute Gasteiger partial charge is 0.363 e. The fourth-order valence-corrected chi connectivity index (χ4v) is 3.11. The number of hydrogen-bond donors (Lipinski definition) is 3. The minimum Gasteiger partial charge on any atom is -0.363 e. The van der Waals surface area contributed by atoms with Gasteiger partial charge >= 0.3 is 5.66 Å². The molecule has 1 amide bonds. The van der Waals surface area contributed by atoms with Gasteiger partial charge in [0.25, 0.3) is 5.91 Å². The first-order chi connectivity index (χ1) is 11.8. The van der Waals surface area contributed by atoms with E-state index in [2.05, 4.69) is 40.9 Å². The number of carbonyl (C=O) groups is 1. The van der Waals surface area contributed by atoms with Gasteiger partial charge in [-0.05, 0) is 12.1 Å². The number of anilines is 1. The summed E-state index contributed by atoms with van der Waals surface area (Å²) in [5.41, 5.74) is -4.48. The number of halogens is 3. The number of nitrogens with one attached hydrogen (secondary N) is 1. The molecule has 0 spiro atoms. The van der Waals surface area contributed by atoms with Gasteiger partial charge in [-0.15, -0.1) is 0 Å². The van der Waals surface area contributed by atoms with Crippen molar-refractivity contribution in [1.82, 2.24) is 15.1 Å². The molecule has 0 radical (unpaired) electrons. The summed E-state index contributed by atoms with van der Waals surface area (Å²) in [4.78, 5) is 37.8. The molecule has 8 nitrogen and oxygen atoms in total. The van der Waals surface area contributed by atoms with Crippen LogP contribution in [0.25, 0.3) is 10.9 Å². The summed E-state index contributed by atoms with van der Waals surface area (Å²) in [5, 5.41) is 6.25. The van der Waals surface area contributed by atoms with Crippen LogP contribution in [-0.4, -0.2) is 30.8 Å². The minimum absolute atomic E-state index is 0.0371. The topological polar surface area (TPSA) is 121 Å². The van der Waals surface area contributed by atoms with Gasteiger partial charge in [-0.2, -0.15) is 8.78 Å². The predicted molar refractivity (Wildman–Crippen MR) is 86.9 cm³/mol. The Bertz CT molecular complexity index is 939. The molecule has 0 aliphatic heterocycles. The normalized spacial score (nSPS) is 11.9. The van der Waals surface area contributed by atoms with Gasteiger partial charge in [-0.1, -0.05) is 21.1 Å². The van der Waals surface area contributed by atoms with Gasteiger partial charge in [-0.25, -0.2) is 9.97 Å². The van der Waals surface area contributed by atoms with E-state index in [1.54, 1.807) is 0 Å². The third kappa shape index (κ3) is 3.49. The summed E-state index contributed by atoms with van der Waals surface area (Å²) in [6.45, 7) is 0. The highest BCUT2D eigenvalue weighted by atomic mass is 79.9. The van der Waals surface area contributed by atoms with Crippen LogP contribution in [-0.2, 0) is 5.66 Å². The Kier molecular flexibility index (Phi) is 4.74. The highest BCUT2D eigenvalue weighted by Crippen LogP contribution is 2.54. The lowest BCUT2D eigenvalue weighted by atomic mass is 10.1. The van der Waals surface area contributed by atoms with Gasteiger partial charge in [0.05, 0.1) is 5.52 Å². The molecule has 0 bridgehead atoms. The number of hydrogen-bond acceptors (Lipinski definition) is 7. The van der Waals surface area contributed by atoms with Crippen molar-refractivity contribution < 1.29 is 27.9 Å². The molecular formula is C13H8BrF2N4O4P. The van der Waals surface area contributed by atoms with Crippen LogP contribution in [0.1, 0.15) is 16.2 Å². The van der Waals surface area contributed by atoms with E-state index in [-0.39, 0.29) is 21.6 Å². The van der Waals surface area contributed by atoms with Crippen molar-refractivity contribution in [2.24, 2.45) is 0 Å². The van der Waals surface area contributed by atoms with Crippen molar-refractivity contribution in [1.29, 1.82) is 0 Å². The number of fused-ring (bicyclic) bond motifs is 1. The Morgan fingerprint density at radius 2 is 2.12 bits per heavy atom. The van der Waals surface area contributed by atoms with Crippen molar-refractivity contribution in [2.45, 2.75) is 5.66 Å². The number of carbonyl (C=O) groups excluding carboxylic acids is 1. The molecule has 0 saturated carbocycles. The van der Waals surface area contributed by atoms with E-state index < -0.39 is 25.5 Å². The Hall–Kier alpha value is -2.07. The first kappa shape index (κ1) is 17.7. The predicted octanol–water partition coefficient (Wildman–Crippen LogP) is 2.98. The average molecular weight is 433 g/mol.